The minimum Gasteiger partial charge on any atom is -0.507 e. The first-order chi connectivity index (χ1) is 7.18. The van der Waals surface area contributed by atoms with Gasteiger partial charge in [0.1, 0.15) is 17.4 Å². The summed E-state index contributed by atoms with van der Waals surface area (Å²) in [7, 11) is 0. The second-order valence-electron chi connectivity index (χ2n) is 3.07. The molecule has 2 aromatic carbocycles. The fourth-order valence-corrected chi connectivity index (χ4v) is 1.35. The highest BCUT2D eigenvalue weighted by Gasteiger charge is 2.09. The molecule has 0 heterocycles. The Bertz CT molecular complexity index is 495. The van der Waals surface area contributed by atoms with Gasteiger partial charge in [0.15, 0.2) is 0 Å². The van der Waals surface area contributed by atoms with Crippen LogP contribution in [0.3, 0.4) is 0 Å². The maximum absolute atomic E-state index is 13.3. The first-order valence-electron chi connectivity index (χ1n) is 4.33. The second kappa shape index (κ2) is 3.69. The van der Waals surface area contributed by atoms with Crippen LogP contribution in [0.1, 0.15) is 0 Å². The van der Waals surface area contributed by atoms with E-state index in [0.717, 1.165) is 18.2 Å². The molecule has 0 aliphatic heterocycles. The van der Waals surface area contributed by atoms with Crippen LogP contribution < -0.4 is 0 Å². The Morgan fingerprint density at radius 1 is 1.07 bits per heavy atom. The van der Waals surface area contributed by atoms with Gasteiger partial charge in [-0.2, -0.15) is 0 Å². The number of phenols is 1. The van der Waals surface area contributed by atoms with Crippen LogP contribution in [-0.2, 0) is 0 Å². The summed E-state index contributed by atoms with van der Waals surface area (Å²) in [5, 5.41) is 9.47. The Balaban J connectivity index is 2.64. The van der Waals surface area contributed by atoms with E-state index in [9.17, 15) is 13.9 Å². The Morgan fingerprint density at radius 2 is 1.87 bits per heavy atom. The molecule has 3 heteroatoms. The summed E-state index contributed by atoms with van der Waals surface area (Å²) in [6.45, 7) is 0. The van der Waals surface area contributed by atoms with Crippen molar-refractivity contribution in [1.82, 2.24) is 0 Å². The zero-order valence-corrected chi connectivity index (χ0v) is 7.67. The third-order valence-corrected chi connectivity index (χ3v) is 2.06. The normalized spacial score (nSPS) is 10.3. The molecule has 1 N–H and O–H groups in total. The van der Waals surface area contributed by atoms with Gasteiger partial charge in [-0.1, -0.05) is 12.1 Å². The van der Waals surface area contributed by atoms with Gasteiger partial charge in [-0.25, -0.2) is 8.78 Å². The van der Waals surface area contributed by atoms with Crippen LogP contribution in [0.25, 0.3) is 11.1 Å². The molecule has 0 spiro atoms. The molecule has 0 fully saturated rings. The monoisotopic (exact) mass is 205 g/mol. The average molecular weight is 205 g/mol. The van der Waals surface area contributed by atoms with Gasteiger partial charge in [-0.3, -0.25) is 0 Å². The van der Waals surface area contributed by atoms with Crippen molar-refractivity contribution in [2.75, 3.05) is 0 Å². The Labute approximate surface area is 85.6 Å². The van der Waals surface area contributed by atoms with Gasteiger partial charge in [0.05, 0.1) is 0 Å². The number of hydrogen-bond donors (Lipinski definition) is 1. The van der Waals surface area contributed by atoms with Gasteiger partial charge in [0.2, 0.25) is 0 Å². The quantitative estimate of drug-likeness (QED) is 0.758. The molecule has 2 aromatic rings. The summed E-state index contributed by atoms with van der Waals surface area (Å²) in [6, 6.07) is 10.0. The van der Waals surface area contributed by atoms with E-state index in [4.69, 9.17) is 0 Å². The summed E-state index contributed by atoms with van der Waals surface area (Å²) in [4.78, 5) is 0. The van der Waals surface area contributed by atoms with E-state index < -0.39 is 11.6 Å². The molecule has 15 heavy (non-hydrogen) atoms. The van der Waals surface area contributed by atoms with Crippen molar-refractivity contribution in [2.45, 2.75) is 0 Å². The fraction of sp³-hybridized carbons (Fsp3) is 0. The zero-order valence-electron chi connectivity index (χ0n) is 7.67. The van der Waals surface area contributed by atoms with E-state index in [1.54, 1.807) is 0 Å². The van der Waals surface area contributed by atoms with Gasteiger partial charge in [0, 0.05) is 11.1 Å². The highest BCUT2D eigenvalue weighted by Crippen LogP contribution is 2.31. The van der Waals surface area contributed by atoms with Gasteiger partial charge < -0.3 is 5.11 Å². The molecule has 2 rings (SSSR count). The van der Waals surface area contributed by atoms with Crippen LogP contribution in [0.5, 0.6) is 5.75 Å². The minimum absolute atomic E-state index is 0.140. The SMILES string of the molecule is Oc1ccc(F)cc1-c1cc[c]cc1F. The van der Waals surface area contributed by atoms with Crippen molar-refractivity contribution in [3.8, 4) is 16.9 Å². The Morgan fingerprint density at radius 3 is 2.60 bits per heavy atom. The number of halogens is 2. The van der Waals surface area contributed by atoms with Crippen molar-refractivity contribution in [3.63, 3.8) is 0 Å². The molecule has 1 nitrogen and oxygen atoms in total. The maximum Gasteiger partial charge on any atom is 0.131 e. The van der Waals surface area contributed by atoms with Crippen molar-refractivity contribution in [2.24, 2.45) is 0 Å². The Kier molecular flexibility index (Phi) is 2.37. The van der Waals surface area contributed by atoms with Crippen molar-refractivity contribution in [3.05, 3.63) is 54.1 Å². The lowest BCUT2D eigenvalue weighted by Crippen LogP contribution is -1.85. The number of phenolic OH excluding ortho intramolecular Hbond substituents is 1. The molecule has 1 radical (unpaired) electrons. The van der Waals surface area contributed by atoms with Crippen molar-refractivity contribution in [1.29, 1.82) is 0 Å². The topological polar surface area (TPSA) is 20.2 Å². The van der Waals surface area contributed by atoms with Crippen LogP contribution >= 0.6 is 0 Å². The lowest BCUT2D eigenvalue weighted by Gasteiger charge is -2.05. The number of hydrogen-bond acceptors (Lipinski definition) is 1. The minimum atomic E-state index is -0.543. The van der Waals surface area contributed by atoms with E-state index >= 15 is 0 Å². The molecule has 0 unspecified atom stereocenters. The molecule has 0 saturated carbocycles. The first-order valence-corrected chi connectivity index (χ1v) is 4.33. The predicted molar refractivity (Wildman–Crippen MR) is 52.3 cm³/mol. The fourth-order valence-electron chi connectivity index (χ4n) is 1.35. The Hall–Kier alpha value is -1.90. The van der Waals surface area contributed by atoms with Crippen LogP contribution in [0.4, 0.5) is 8.78 Å². The highest BCUT2D eigenvalue weighted by atomic mass is 19.1. The molecule has 75 valence electrons. The largest absolute Gasteiger partial charge is 0.507 e. The first kappa shape index (κ1) is 9.65. The summed E-state index contributed by atoms with van der Waals surface area (Å²) < 4.78 is 26.2. The van der Waals surface area contributed by atoms with Crippen LogP contribution in [0, 0.1) is 17.7 Å². The van der Waals surface area contributed by atoms with Gasteiger partial charge in [0.25, 0.3) is 0 Å². The standard InChI is InChI=1S/C12H7F2O/c13-8-5-6-12(15)10(7-8)9-3-1-2-4-11(9)14/h1,3-7,15H. The molecule has 0 aliphatic rings. The van der Waals surface area contributed by atoms with Crippen molar-refractivity contribution >= 4 is 0 Å². The molecule has 0 amide bonds. The lowest BCUT2D eigenvalue weighted by molar-refractivity contribution is 0.474. The van der Waals surface area contributed by atoms with Crippen molar-refractivity contribution < 1.29 is 13.9 Å². The van der Waals surface area contributed by atoms with E-state index in [1.807, 2.05) is 0 Å². The molecule has 0 bridgehead atoms. The van der Waals surface area contributed by atoms with Gasteiger partial charge in [-0.15, -0.1) is 0 Å². The lowest BCUT2D eigenvalue weighted by atomic mass is 10.0. The van der Waals surface area contributed by atoms with E-state index in [0.29, 0.717) is 0 Å². The van der Waals surface area contributed by atoms with Gasteiger partial charge in [-0.05, 0) is 30.3 Å². The second-order valence-corrected chi connectivity index (χ2v) is 3.07. The summed E-state index contributed by atoms with van der Waals surface area (Å²) in [6.07, 6.45) is 0. The molecule has 0 saturated heterocycles. The zero-order chi connectivity index (χ0) is 10.8. The van der Waals surface area contributed by atoms with Crippen LogP contribution in [0.2, 0.25) is 0 Å². The van der Waals surface area contributed by atoms with Gasteiger partial charge >= 0.3 is 0 Å². The number of rotatable bonds is 1. The molecule has 0 aromatic heterocycles. The van der Waals surface area contributed by atoms with Crippen LogP contribution in [0.15, 0.2) is 36.4 Å². The highest BCUT2D eigenvalue weighted by molar-refractivity contribution is 5.70. The maximum atomic E-state index is 13.3. The summed E-state index contributed by atoms with van der Waals surface area (Å²) in [5.74, 6) is -1.21. The summed E-state index contributed by atoms with van der Waals surface area (Å²) in [5.41, 5.74) is 0.298. The molecule has 0 atom stereocenters. The molecular weight excluding hydrogens is 198 g/mol. The summed E-state index contributed by atoms with van der Waals surface area (Å²) >= 11 is 0. The number of benzene rings is 2. The smallest absolute Gasteiger partial charge is 0.131 e. The average Bonchev–Trinajstić information content (AvgIpc) is 2.23. The van der Waals surface area contributed by atoms with Crippen LogP contribution in [-0.4, -0.2) is 5.11 Å². The predicted octanol–water partition coefficient (Wildman–Crippen LogP) is 3.14. The number of aromatic hydroxyl groups is 1. The van der Waals surface area contributed by atoms with E-state index in [1.165, 1.54) is 18.2 Å². The molecular formula is C12H7F2O. The third kappa shape index (κ3) is 1.81. The van der Waals surface area contributed by atoms with E-state index in [2.05, 4.69) is 6.07 Å². The molecule has 0 aliphatic carbocycles. The third-order valence-electron chi connectivity index (χ3n) is 2.06. The van der Waals surface area contributed by atoms with E-state index in [-0.39, 0.29) is 16.9 Å².